The fourth-order valence-electron chi connectivity index (χ4n) is 4.79. The van der Waals surface area contributed by atoms with E-state index in [0.29, 0.717) is 18.0 Å². The number of rotatable bonds is 5. The summed E-state index contributed by atoms with van der Waals surface area (Å²) in [5.74, 6) is 0.730. The average molecular weight is 451 g/mol. The van der Waals surface area contributed by atoms with Crippen LogP contribution in [0.2, 0.25) is 0 Å². The maximum absolute atomic E-state index is 13.5. The Morgan fingerprint density at radius 1 is 0.971 bits per heavy atom. The van der Waals surface area contributed by atoms with Crippen molar-refractivity contribution >= 4 is 27.8 Å². The predicted octanol–water partition coefficient (Wildman–Crippen LogP) is 5.81. The molecule has 5 aromatic rings. The smallest absolute Gasteiger partial charge is 0.267 e. The van der Waals surface area contributed by atoms with Crippen molar-refractivity contribution in [3.05, 3.63) is 95.7 Å². The lowest BCUT2D eigenvalue weighted by Gasteiger charge is -2.25. The third-order valence-electron chi connectivity index (χ3n) is 6.78. The first-order valence-electron chi connectivity index (χ1n) is 11.5. The number of carbonyl (C=O) groups excluding carboxylic acids is 1. The van der Waals surface area contributed by atoms with Crippen LogP contribution >= 0.6 is 0 Å². The lowest BCUT2D eigenvalue weighted by atomic mass is 9.85. The summed E-state index contributed by atoms with van der Waals surface area (Å²) >= 11 is 0. The zero-order valence-corrected chi connectivity index (χ0v) is 18.5. The van der Waals surface area contributed by atoms with Gasteiger partial charge in [0.05, 0.1) is 16.6 Å². The molecule has 34 heavy (non-hydrogen) atoms. The predicted molar refractivity (Wildman–Crippen MR) is 131 cm³/mol. The molecule has 2 N–H and O–H groups in total. The molecule has 168 valence electrons. The number of hydrogen-bond donors (Lipinski definition) is 1. The fraction of sp³-hybridized carbons (Fsp3) is 0.179. The maximum Gasteiger partial charge on any atom is 0.267 e. The topological polar surface area (TPSA) is 73.8 Å². The number of aromatic nitrogens is 3. The van der Waals surface area contributed by atoms with Gasteiger partial charge in [-0.15, -0.1) is 0 Å². The van der Waals surface area contributed by atoms with Crippen LogP contribution in [0.4, 0.5) is 4.39 Å². The molecule has 6 heteroatoms. The van der Waals surface area contributed by atoms with Crippen molar-refractivity contribution in [2.24, 2.45) is 5.73 Å². The van der Waals surface area contributed by atoms with Gasteiger partial charge in [-0.2, -0.15) is 0 Å². The second-order valence-electron chi connectivity index (χ2n) is 8.95. The van der Waals surface area contributed by atoms with Crippen molar-refractivity contribution in [3.63, 3.8) is 0 Å². The minimum absolute atomic E-state index is 0.187. The minimum Gasteiger partial charge on any atom is -0.364 e. The highest BCUT2D eigenvalue weighted by Gasteiger charge is 2.26. The molecule has 1 amide bonds. The number of nitrogens with two attached hydrogens (primary N) is 1. The molecule has 5 nitrogen and oxygen atoms in total. The van der Waals surface area contributed by atoms with Crippen LogP contribution in [0.3, 0.4) is 0 Å². The highest BCUT2D eigenvalue weighted by atomic mass is 19.1. The average Bonchev–Trinajstić information content (AvgIpc) is 3.15. The maximum atomic E-state index is 13.5. The first kappa shape index (κ1) is 20.5. The summed E-state index contributed by atoms with van der Waals surface area (Å²) in [7, 11) is 0. The monoisotopic (exact) mass is 450 g/mol. The van der Waals surface area contributed by atoms with E-state index in [1.807, 2.05) is 24.3 Å². The first-order chi connectivity index (χ1) is 16.6. The van der Waals surface area contributed by atoms with Crippen molar-refractivity contribution in [2.75, 3.05) is 0 Å². The summed E-state index contributed by atoms with van der Waals surface area (Å²) in [5, 5.41) is 0.884. The zero-order chi connectivity index (χ0) is 23.2. The summed E-state index contributed by atoms with van der Waals surface area (Å²) < 4.78 is 15.8. The molecule has 1 aliphatic rings. The Balaban J connectivity index is 1.47. The summed E-state index contributed by atoms with van der Waals surface area (Å²) in [6, 6.07) is 22.2. The Kier molecular flexibility index (Phi) is 4.87. The number of amides is 1. The highest BCUT2D eigenvalue weighted by molar-refractivity contribution is 6.01. The molecule has 0 aliphatic heterocycles. The Hall–Kier alpha value is -4.06. The number of hydrogen-bond acceptors (Lipinski definition) is 3. The number of fused-ring (bicyclic) bond motifs is 2. The Morgan fingerprint density at radius 3 is 2.50 bits per heavy atom. The molecule has 2 aromatic heterocycles. The van der Waals surface area contributed by atoms with Crippen LogP contribution < -0.4 is 5.73 Å². The van der Waals surface area contributed by atoms with E-state index in [1.54, 1.807) is 18.2 Å². The summed E-state index contributed by atoms with van der Waals surface area (Å²) in [6.45, 7) is 0.663. The Bertz CT molecular complexity index is 1550. The zero-order valence-electron chi connectivity index (χ0n) is 18.5. The third-order valence-corrected chi connectivity index (χ3v) is 6.78. The highest BCUT2D eigenvalue weighted by Crippen LogP contribution is 2.38. The minimum atomic E-state index is -0.594. The van der Waals surface area contributed by atoms with E-state index < -0.39 is 5.91 Å². The van der Waals surface area contributed by atoms with Crippen molar-refractivity contribution in [1.82, 2.24) is 14.5 Å². The van der Waals surface area contributed by atoms with Crippen molar-refractivity contribution in [1.29, 1.82) is 0 Å². The van der Waals surface area contributed by atoms with Gasteiger partial charge < -0.3 is 10.3 Å². The molecule has 0 unspecified atom stereocenters. The van der Waals surface area contributed by atoms with Gasteiger partial charge >= 0.3 is 0 Å². The largest absolute Gasteiger partial charge is 0.364 e. The molecular formula is C28H23FN4O. The van der Waals surface area contributed by atoms with Crippen molar-refractivity contribution < 1.29 is 9.18 Å². The van der Waals surface area contributed by atoms with E-state index in [2.05, 4.69) is 27.8 Å². The van der Waals surface area contributed by atoms with Crippen LogP contribution in [-0.2, 0) is 6.54 Å². The molecule has 1 aliphatic carbocycles. The first-order valence-corrected chi connectivity index (χ1v) is 11.5. The number of halogens is 1. The van der Waals surface area contributed by atoms with E-state index in [-0.39, 0.29) is 11.5 Å². The second-order valence-corrected chi connectivity index (χ2v) is 8.95. The third kappa shape index (κ3) is 3.52. The molecule has 0 saturated heterocycles. The molecule has 0 bridgehead atoms. The van der Waals surface area contributed by atoms with Crippen LogP contribution in [0.5, 0.6) is 0 Å². The van der Waals surface area contributed by atoms with Gasteiger partial charge in [0, 0.05) is 17.8 Å². The van der Waals surface area contributed by atoms with Gasteiger partial charge in [-0.05, 0) is 65.9 Å². The summed E-state index contributed by atoms with van der Waals surface area (Å²) in [5.41, 5.74) is 11.3. The molecule has 0 radical (unpaired) electrons. The molecule has 6 rings (SSSR count). The lowest BCUT2D eigenvalue weighted by molar-refractivity contribution is 0.0996. The SMILES string of the molecule is NC(=O)c1cc(-c2ccc(F)cc2)c2ccc(Cn3c(C4CCC4)nc4ccccc43)cc2n1. The van der Waals surface area contributed by atoms with Crippen LogP contribution in [-0.4, -0.2) is 20.4 Å². The molecule has 0 atom stereocenters. The van der Waals surface area contributed by atoms with Gasteiger partial charge in [0.1, 0.15) is 17.3 Å². The standard InChI is InChI=1S/C28H23FN4O/c29-20-11-9-18(10-12-20)22-15-25(27(30)34)31-24-14-17(8-13-21(22)24)16-33-26-7-2-1-6-23(26)32-28(33)19-4-3-5-19/h1-2,6-15,19H,3-5,16H2,(H2,30,34). The molecular weight excluding hydrogens is 427 g/mol. The van der Waals surface area contributed by atoms with E-state index in [4.69, 9.17) is 10.7 Å². The van der Waals surface area contributed by atoms with Crippen LogP contribution in [0.1, 0.15) is 47.1 Å². The molecule has 2 heterocycles. The quantitative estimate of drug-likeness (QED) is 0.367. The van der Waals surface area contributed by atoms with E-state index in [9.17, 15) is 9.18 Å². The van der Waals surface area contributed by atoms with E-state index >= 15 is 0 Å². The number of primary amides is 1. The van der Waals surface area contributed by atoms with Gasteiger partial charge in [-0.3, -0.25) is 4.79 Å². The molecule has 1 fully saturated rings. The lowest BCUT2D eigenvalue weighted by Crippen LogP contribution is -2.16. The second kappa shape index (κ2) is 8.06. The van der Waals surface area contributed by atoms with Crippen LogP contribution in [0.15, 0.2) is 72.8 Å². The van der Waals surface area contributed by atoms with Gasteiger partial charge in [-0.25, -0.2) is 14.4 Å². The van der Waals surface area contributed by atoms with E-state index in [0.717, 1.165) is 38.9 Å². The Morgan fingerprint density at radius 2 is 1.76 bits per heavy atom. The number of pyridine rings is 1. The molecule has 3 aromatic carbocycles. The van der Waals surface area contributed by atoms with Gasteiger partial charge in [-0.1, -0.05) is 42.8 Å². The Labute approximate surface area is 196 Å². The van der Waals surface area contributed by atoms with Gasteiger partial charge in [0.15, 0.2) is 0 Å². The molecule has 0 spiro atoms. The van der Waals surface area contributed by atoms with E-state index in [1.165, 1.54) is 31.4 Å². The number of nitrogens with zero attached hydrogens (tertiary/aromatic N) is 3. The van der Waals surface area contributed by atoms with Crippen molar-refractivity contribution in [2.45, 2.75) is 31.7 Å². The normalized spacial score (nSPS) is 13.9. The number of imidazole rings is 1. The van der Waals surface area contributed by atoms with Gasteiger partial charge in [0.2, 0.25) is 0 Å². The summed E-state index contributed by atoms with van der Waals surface area (Å²) in [6.07, 6.45) is 3.59. The number of para-hydroxylation sites is 2. The van der Waals surface area contributed by atoms with Crippen LogP contribution in [0.25, 0.3) is 33.1 Å². The number of carbonyl (C=O) groups is 1. The van der Waals surface area contributed by atoms with Crippen LogP contribution in [0, 0.1) is 5.82 Å². The molecule has 1 saturated carbocycles. The number of benzene rings is 3. The van der Waals surface area contributed by atoms with Crippen molar-refractivity contribution in [3.8, 4) is 11.1 Å². The van der Waals surface area contributed by atoms with Gasteiger partial charge in [0.25, 0.3) is 5.91 Å². The summed E-state index contributed by atoms with van der Waals surface area (Å²) in [4.78, 5) is 21.5. The fourth-order valence-corrected chi connectivity index (χ4v) is 4.79.